The smallest absolute Gasteiger partial charge is 0.349 e. The molecule has 0 spiro atoms. The van der Waals surface area contributed by atoms with Gasteiger partial charge in [0.25, 0.3) is 5.91 Å². The predicted octanol–water partition coefficient (Wildman–Crippen LogP) is 4.57. The Morgan fingerprint density at radius 1 is 1.10 bits per heavy atom. The van der Waals surface area contributed by atoms with E-state index in [9.17, 15) is 9.59 Å². The maximum absolute atomic E-state index is 12.9. The van der Waals surface area contributed by atoms with Gasteiger partial charge in [0.15, 0.2) is 11.0 Å². The fourth-order valence-corrected chi connectivity index (χ4v) is 4.31. The molecule has 1 N–H and O–H groups in total. The first-order valence-corrected chi connectivity index (χ1v) is 10.3. The van der Waals surface area contributed by atoms with Crippen molar-refractivity contribution in [1.82, 2.24) is 14.5 Å². The summed E-state index contributed by atoms with van der Waals surface area (Å²) in [6.45, 7) is 0. The van der Waals surface area contributed by atoms with Gasteiger partial charge >= 0.3 is 5.63 Å². The van der Waals surface area contributed by atoms with Crippen molar-refractivity contribution >= 4 is 33.3 Å². The number of thiazole rings is 1. The van der Waals surface area contributed by atoms with Gasteiger partial charge in [0.2, 0.25) is 0 Å². The third-order valence-corrected chi connectivity index (χ3v) is 5.77. The molecule has 7 nitrogen and oxygen atoms in total. The molecule has 0 fully saturated rings. The molecule has 31 heavy (non-hydrogen) atoms. The summed E-state index contributed by atoms with van der Waals surface area (Å²) in [5.41, 5.74) is 1.28. The fraction of sp³-hybridized carbons (Fsp3) is 0.0435. The van der Waals surface area contributed by atoms with E-state index in [4.69, 9.17) is 4.42 Å². The zero-order valence-electron chi connectivity index (χ0n) is 16.4. The molecule has 0 atom stereocenters. The van der Waals surface area contributed by atoms with Crippen molar-refractivity contribution in [2.24, 2.45) is 7.05 Å². The van der Waals surface area contributed by atoms with Gasteiger partial charge in [-0.15, -0.1) is 0 Å². The second-order valence-corrected chi connectivity index (χ2v) is 7.86. The molecule has 0 bridgehead atoms. The number of fused-ring (bicyclic) bond motifs is 1. The van der Waals surface area contributed by atoms with Gasteiger partial charge in [0, 0.05) is 30.4 Å². The molecule has 2 aromatic carbocycles. The fourth-order valence-electron chi connectivity index (χ4n) is 3.29. The van der Waals surface area contributed by atoms with Crippen LogP contribution in [0.2, 0.25) is 0 Å². The van der Waals surface area contributed by atoms with Crippen molar-refractivity contribution in [3.63, 3.8) is 0 Å². The van der Waals surface area contributed by atoms with Crippen LogP contribution in [0.5, 0.6) is 0 Å². The number of aromatic nitrogens is 3. The Balaban J connectivity index is 1.55. The average Bonchev–Trinajstić information content (AvgIpc) is 3.39. The van der Waals surface area contributed by atoms with Gasteiger partial charge in [-0.05, 0) is 12.1 Å². The van der Waals surface area contributed by atoms with E-state index in [2.05, 4.69) is 15.3 Å². The van der Waals surface area contributed by atoms with Crippen molar-refractivity contribution in [2.75, 3.05) is 5.32 Å². The van der Waals surface area contributed by atoms with Gasteiger partial charge < -0.3 is 8.98 Å². The summed E-state index contributed by atoms with van der Waals surface area (Å²) in [6, 6.07) is 18.3. The molecule has 152 valence electrons. The molecule has 5 aromatic rings. The summed E-state index contributed by atoms with van der Waals surface area (Å²) in [6.07, 6.45) is 3.56. The second kappa shape index (κ2) is 7.66. The van der Waals surface area contributed by atoms with E-state index < -0.39 is 11.5 Å². The molecule has 8 heteroatoms. The Bertz CT molecular complexity index is 1470. The highest BCUT2D eigenvalue weighted by atomic mass is 32.1. The van der Waals surface area contributed by atoms with Gasteiger partial charge in [0.1, 0.15) is 11.1 Å². The molecule has 3 heterocycles. The van der Waals surface area contributed by atoms with Crippen molar-refractivity contribution in [3.05, 3.63) is 89.0 Å². The lowest BCUT2D eigenvalue weighted by molar-refractivity contribution is 0.102. The molecule has 0 aliphatic carbocycles. The molecular formula is C23H16N4O3S. The van der Waals surface area contributed by atoms with E-state index in [-0.39, 0.29) is 5.56 Å². The molecule has 0 unspecified atom stereocenters. The van der Waals surface area contributed by atoms with Crippen molar-refractivity contribution < 1.29 is 9.21 Å². The van der Waals surface area contributed by atoms with Gasteiger partial charge in [-0.25, -0.2) is 14.8 Å². The number of imidazole rings is 1. The van der Waals surface area contributed by atoms with Gasteiger partial charge in [-0.3, -0.25) is 10.1 Å². The number of para-hydroxylation sites is 1. The highest BCUT2D eigenvalue weighted by Crippen LogP contribution is 2.38. The summed E-state index contributed by atoms with van der Waals surface area (Å²) < 4.78 is 7.17. The van der Waals surface area contributed by atoms with Crippen LogP contribution in [-0.4, -0.2) is 20.4 Å². The number of aryl methyl sites for hydroxylation is 1. The maximum Gasteiger partial charge on any atom is 0.349 e. The number of hydrogen-bond donors (Lipinski definition) is 1. The zero-order valence-corrected chi connectivity index (χ0v) is 17.2. The summed E-state index contributed by atoms with van der Waals surface area (Å²) in [5, 5.41) is 3.79. The van der Waals surface area contributed by atoms with E-state index in [1.807, 2.05) is 54.2 Å². The van der Waals surface area contributed by atoms with Crippen LogP contribution in [-0.2, 0) is 7.05 Å². The maximum atomic E-state index is 12.9. The van der Waals surface area contributed by atoms with Gasteiger partial charge in [0.05, 0.1) is 10.6 Å². The van der Waals surface area contributed by atoms with E-state index in [0.717, 1.165) is 16.3 Å². The quantitative estimate of drug-likeness (QED) is 0.424. The first-order chi connectivity index (χ1) is 15.1. The normalized spacial score (nSPS) is 11.0. The largest absolute Gasteiger partial charge is 0.422 e. The lowest BCUT2D eigenvalue weighted by atomic mass is 10.1. The Kier molecular flexibility index (Phi) is 4.68. The van der Waals surface area contributed by atoms with Gasteiger partial charge in [-0.2, -0.15) is 0 Å². The van der Waals surface area contributed by atoms with Crippen LogP contribution in [0.1, 0.15) is 10.4 Å². The van der Waals surface area contributed by atoms with Gasteiger partial charge in [-0.1, -0.05) is 59.9 Å². The monoisotopic (exact) mass is 428 g/mol. The Labute approximate surface area is 180 Å². The minimum absolute atomic E-state index is 0.0753. The lowest BCUT2D eigenvalue weighted by Gasteiger charge is -2.02. The van der Waals surface area contributed by atoms with Crippen molar-refractivity contribution in [2.45, 2.75) is 0 Å². The number of carbonyl (C=O) groups excluding carboxylic acids is 1. The van der Waals surface area contributed by atoms with E-state index in [1.165, 1.54) is 17.4 Å². The number of hydrogen-bond acceptors (Lipinski definition) is 6. The molecule has 3 aromatic heterocycles. The van der Waals surface area contributed by atoms with Crippen LogP contribution in [0, 0.1) is 0 Å². The summed E-state index contributed by atoms with van der Waals surface area (Å²) in [5.74, 6) is 0.168. The SMILES string of the molecule is Cn1ccnc1-c1sc(NC(=O)c2cc3ccccc3oc2=O)nc1-c1ccccc1. The van der Waals surface area contributed by atoms with Crippen LogP contribution in [0.15, 0.2) is 82.3 Å². The van der Waals surface area contributed by atoms with Crippen LogP contribution < -0.4 is 10.9 Å². The van der Waals surface area contributed by atoms with E-state index >= 15 is 0 Å². The lowest BCUT2D eigenvalue weighted by Crippen LogP contribution is -2.20. The topological polar surface area (TPSA) is 90.0 Å². The number of carbonyl (C=O) groups is 1. The summed E-state index contributed by atoms with van der Waals surface area (Å²) in [7, 11) is 1.90. The third-order valence-electron chi connectivity index (χ3n) is 4.81. The average molecular weight is 428 g/mol. The van der Waals surface area contributed by atoms with Crippen LogP contribution >= 0.6 is 11.3 Å². The Hall–Kier alpha value is -4.04. The highest BCUT2D eigenvalue weighted by Gasteiger charge is 2.21. The molecular weight excluding hydrogens is 412 g/mol. The number of nitrogens with zero attached hydrogens (tertiary/aromatic N) is 3. The number of rotatable bonds is 4. The summed E-state index contributed by atoms with van der Waals surface area (Å²) >= 11 is 1.30. The first kappa shape index (κ1) is 19.0. The molecule has 0 saturated carbocycles. The third kappa shape index (κ3) is 3.53. The second-order valence-electron chi connectivity index (χ2n) is 6.86. The standard InChI is InChI=1S/C23H16N4O3S/c1-27-12-11-24-20(27)19-18(14-7-3-2-4-8-14)25-23(31-19)26-21(28)16-13-15-9-5-6-10-17(15)30-22(16)29/h2-13H,1H3,(H,25,26,28). The van der Waals surface area contributed by atoms with Crippen LogP contribution in [0.4, 0.5) is 5.13 Å². The molecule has 1 amide bonds. The minimum Gasteiger partial charge on any atom is -0.422 e. The number of anilines is 1. The molecule has 5 rings (SSSR count). The molecule has 0 aliphatic rings. The molecule has 0 saturated heterocycles. The number of amides is 1. The minimum atomic E-state index is -0.694. The molecule has 0 aliphatic heterocycles. The van der Waals surface area contributed by atoms with E-state index in [0.29, 0.717) is 21.8 Å². The van der Waals surface area contributed by atoms with Crippen LogP contribution in [0.25, 0.3) is 32.9 Å². The molecule has 0 radical (unpaired) electrons. The van der Waals surface area contributed by atoms with Crippen molar-refractivity contribution in [1.29, 1.82) is 0 Å². The Morgan fingerprint density at radius 3 is 2.65 bits per heavy atom. The Morgan fingerprint density at radius 2 is 1.87 bits per heavy atom. The summed E-state index contributed by atoms with van der Waals surface area (Å²) in [4.78, 5) is 35.1. The first-order valence-electron chi connectivity index (χ1n) is 9.48. The predicted molar refractivity (Wildman–Crippen MR) is 120 cm³/mol. The number of benzene rings is 2. The number of nitrogens with one attached hydrogen (secondary N) is 1. The van der Waals surface area contributed by atoms with Crippen LogP contribution in [0.3, 0.4) is 0 Å². The highest BCUT2D eigenvalue weighted by molar-refractivity contribution is 7.19. The van der Waals surface area contributed by atoms with E-state index in [1.54, 1.807) is 24.4 Å². The zero-order chi connectivity index (χ0) is 21.4. The van der Waals surface area contributed by atoms with Crippen molar-refractivity contribution in [3.8, 4) is 22.0 Å².